The minimum atomic E-state index is -0.360. The molecule has 4 fully saturated rings. The molecule has 1 aromatic rings. The molecule has 33 heavy (non-hydrogen) atoms. The molecule has 4 aliphatic rings. The number of anilines is 2. The number of Topliss-reactive ketones (excluding diaryl/α,β-unsaturated/α-hetero) is 1. The van der Waals surface area contributed by atoms with Gasteiger partial charge in [-0.2, -0.15) is 0 Å². The monoisotopic (exact) mass is 451 g/mol. The first kappa shape index (κ1) is 23.2. The number of nitrogens with zero attached hydrogens (tertiary/aromatic N) is 1. The van der Waals surface area contributed by atoms with Gasteiger partial charge in [0.1, 0.15) is 6.04 Å². The molecule has 0 bridgehead atoms. The quantitative estimate of drug-likeness (QED) is 0.325. The van der Waals surface area contributed by atoms with E-state index >= 15 is 0 Å². The minimum Gasteiger partial charge on any atom is -0.397 e. The number of carbonyl (C=O) groups is 1. The van der Waals surface area contributed by atoms with E-state index in [4.69, 9.17) is 11.6 Å². The summed E-state index contributed by atoms with van der Waals surface area (Å²) in [6.45, 7) is 9.51. The Morgan fingerprint density at radius 2 is 1.70 bits per heavy atom. The second kappa shape index (κ2) is 8.29. The van der Waals surface area contributed by atoms with E-state index < -0.39 is 0 Å². The molecule has 4 N–H and O–H groups in total. The Morgan fingerprint density at radius 3 is 2.45 bits per heavy atom. The van der Waals surface area contributed by atoms with Crippen molar-refractivity contribution >= 4 is 17.2 Å². The molecule has 4 saturated carbocycles. The van der Waals surface area contributed by atoms with Crippen molar-refractivity contribution in [1.82, 2.24) is 0 Å². The van der Waals surface area contributed by atoms with Gasteiger partial charge in [0.2, 0.25) is 0 Å². The van der Waals surface area contributed by atoms with Gasteiger partial charge in [-0.25, -0.2) is 5.84 Å². The summed E-state index contributed by atoms with van der Waals surface area (Å²) in [5.41, 5.74) is 8.20. The zero-order valence-corrected chi connectivity index (χ0v) is 21.2. The predicted molar refractivity (Wildman–Crippen MR) is 136 cm³/mol. The van der Waals surface area contributed by atoms with Gasteiger partial charge in [-0.05, 0) is 111 Å². The minimum absolute atomic E-state index is 0.117. The molecule has 0 heterocycles. The van der Waals surface area contributed by atoms with E-state index in [-0.39, 0.29) is 17.4 Å². The summed E-state index contributed by atoms with van der Waals surface area (Å²) in [5.74, 6) is 11.1. The van der Waals surface area contributed by atoms with E-state index in [0.29, 0.717) is 22.8 Å². The molecule has 182 valence electrons. The Labute approximate surface area is 200 Å². The summed E-state index contributed by atoms with van der Waals surface area (Å²) in [5, 5.41) is 1.61. The van der Waals surface area contributed by atoms with Crippen LogP contribution >= 0.6 is 0 Å². The van der Waals surface area contributed by atoms with Crippen LogP contribution in [-0.2, 0) is 4.79 Å². The second-order valence-corrected chi connectivity index (χ2v) is 12.8. The van der Waals surface area contributed by atoms with Gasteiger partial charge in [0.15, 0.2) is 5.78 Å². The first-order valence-corrected chi connectivity index (χ1v) is 13.6. The maximum Gasteiger partial charge on any atom is 0.160 e. The molecule has 0 radical (unpaired) electrons. The van der Waals surface area contributed by atoms with Crippen LogP contribution in [0.15, 0.2) is 24.3 Å². The lowest BCUT2D eigenvalue weighted by Gasteiger charge is -2.61. The van der Waals surface area contributed by atoms with Crippen LogP contribution in [0.1, 0.15) is 85.5 Å². The highest BCUT2D eigenvalue weighted by molar-refractivity contribution is 5.90. The average Bonchev–Trinajstić information content (AvgIpc) is 3.15. The highest BCUT2D eigenvalue weighted by atomic mass is 16.1. The van der Waals surface area contributed by atoms with Crippen molar-refractivity contribution in [3.63, 3.8) is 0 Å². The number of benzene rings is 1. The van der Waals surface area contributed by atoms with E-state index in [1.807, 2.05) is 31.2 Å². The zero-order valence-electron chi connectivity index (χ0n) is 21.2. The van der Waals surface area contributed by atoms with Gasteiger partial charge in [-0.1, -0.05) is 39.3 Å². The maximum absolute atomic E-state index is 13.9. The molecular weight excluding hydrogens is 406 g/mol. The molecule has 0 spiro atoms. The van der Waals surface area contributed by atoms with Crippen LogP contribution in [0.2, 0.25) is 0 Å². The number of para-hydroxylation sites is 2. The number of rotatable bonds is 4. The number of ketones is 1. The highest BCUT2D eigenvalue weighted by Crippen LogP contribution is 2.67. The summed E-state index contributed by atoms with van der Waals surface area (Å²) in [6, 6.07) is 7.24. The van der Waals surface area contributed by atoms with E-state index in [2.05, 4.69) is 20.8 Å². The molecule has 0 saturated heterocycles. The fourth-order valence-electron chi connectivity index (χ4n) is 9.30. The van der Waals surface area contributed by atoms with Gasteiger partial charge in [-0.3, -0.25) is 9.80 Å². The van der Waals surface area contributed by atoms with Crippen LogP contribution in [0.25, 0.3) is 0 Å². The van der Waals surface area contributed by atoms with Crippen molar-refractivity contribution in [1.29, 1.82) is 0 Å². The molecule has 4 heteroatoms. The van der Waals surface area contributed by atoms with Crippen LogP contribution in [-0.4, -0.2) is 11.8 Å². The third-order valence-electron chi connectivity index (χ3n) is 11.3. The Bertz CT molecular complexity index is 901. The maximum atomic E-state index is 13.9. The van der Waals surface area contributed by atoms with Crippen LogP contribution in [0.3, 0.4) is 0 Å². The van der Waals surface area contributed by atoms with E-state index in [0.717, 1.165) is 35.8 Å². The third-order valence-corrected chi connectivity index (χ3v) is 11.3. The van der Waals surface area contributed by atoms with Gasteiger partial charge in [0.05, 0.1) is 11.4 Å². The van der Waals surface area contributed by atoms with Gasteiger partial charge >= 0.3 is 0 Å². The first-order chi connectivity index (χ1) is 15.7. The molecule has 9 unspecified atom stereocenters. The number of hydrazine groups is 1. The van der Waals surface area contributed by atoms with Crippen molar-refractivity contribution in [3.05, 3.63) is 24.3 Å². The average molecular weight is 452 g/mol. The molecule has 0 aromatic heterocycles. The van der Waals surface area contributed by atoms with Crippen LogP contribution in [0.4, 0.5) is 11.4 Å². The summed E-state index contributed by atoms with van der Waals surface area (Å²) in [4.78, 5) is 13.9. The largest absolute Gasteiger partial charge is 0.397 e. The van der Waals surface area contributed by atoms with Gasteiger partial charge in [-0.15, -0.1) is 0 Å². The van der Waals surface area contributed by atoms with Crippen molar-refractivity contribution in [3.8, 4) is 0 Å². The van der Waals surface area contributed by atoms with Crippen LogP contribution in [0, 0.1) is 46.3 Å². The fourth-order valence-corrected chi connectivity index (χ4v) is 9.30. The molecule has 9 atom stereocenters. The summed E-state index contributed by atoms with van der Waals surface area (Å²) in [6.07, 6.45) is 11.8. The normalized spacial score (nSPS) is 43.2. The van der Waals surface area contributed by atoms with Crippen LogP contribution < -0.4 is 16.6 Å². The Morgan fingerprint density at radius 1 is 1.00 bits per heavy atom. The highest BCUT2D eigenvalue weighted by Gasteiger charge is 2.61. The zero-order chi connectivity index (χ0) is 23.5. The number of nitrogens with two attached hydrogens (primary N) is 2. The van der Waals surface area contributed by atoms with Crippen molar-refractivity contribution < 1.29 is 4.79 Å². The van der Waals surface area contributed by atoms with Crippen molar-refractivity contribution in [2.24, 2.45) is 52.2 Å². The SMILES string of the molecule is CC1CCC2(C)C(CCC3C2CCC2(C)C(C(=O)C(C)N(N)c4ccccc4N)CCC32)C1. The predicted octanol–water partition coefficient (Wildman–Crippen LogP) is 6.20. The first-order valence-electron chi connectivity index (χ1n) is 13.6. The van der Waals surface area contributed by atoms with E-state index in [1.54, 1.807) is 5.01 Å². The molecule has 4 aliphatic carbocycles. The number of hydrogen-bond donors (Lipinski definition) is 2. The fraction of sp³-hybridized carbons (Fsp3) is 0.759. The van der Waals surface area contributed by atoms with E-state index in [1.165, 1.54) is 51.4 Å². The lowest BCUT2D eigenvalue weighted by molar-refractivity contribution is -0.137. The second-order valence-electron chi connectivity index (χ2n) is 12.8. The summed E-state index contributed by atoms with van der Waals surface area (Å²) < 4.78 is 0. The molecular formula is C29H45N3O. The number of hydrogen-bond acceptors (Lipinski definition) is 4. The summed E-state index contributed by atoms with van der Waals surface area (Å²) >= 11 is 0. The Kier molecular flexibility index (Phi) is 5.83. The van der Waals surface area contributed by atoms with E-state index in [9.17, 15) is 4.79 Å². The number of nitrogen functional groups attached to an aromatic ring is 1. The third kappa shape index (κ3) is 3.54. The lowest BCUT2D eigenvalue weighted by Crippen LogP contribution is -2.55. The Hall–Kier alpha value is -1.55. The van der Waals surface area contributed by atoms with Gasteiger partial charge in [0, 0.05) is 5.92 Å². The van der Waals surface area contributed by atoms with Gasteiger partial charge < -0.3 is 5.73 Å². The Balaban J connectivity index is 1.35. The lowest BCUT2D eigenvalue weighted by atomic mass is 9.44. The number of carbonyl (C=O) groups excluding carboxylic acids is 1. The number of fused-ring (bicyclic) bond motifs is 5. The topological polar surface area (TPSA) is 72.3 Å². The standard InChI is InChI=1S/C29H45N3O/c1-18-13-15-28(3)20(17-18)9-10-21-22-11-12-24(29(22,4)16-14-23(21)28)27(33)19(2)32(31)26-8-6-5-7-25(26)30/h5-8,18-24H,9-17,30-31H2,1-4H3. The molecule has 0 aliphatic heterocycles. The molecule has 5 rings (SSSR count). The molecule has 1 aromatic carbocycles. The smallest absolute Gasteiger partial charge is 0.160 e. The van der Waals surface area contributed by atoms with Crippen molar-refractivity contribution in [2.75, 3.05) is 10.7 Å². The van der Waals surface area contributed by atoms with Gasteiger partial charge in [0.25, 0.3) is 0 Å². The molecule has 0 amide bonds. The summed E-state index contributed by atoms with van der Waals surface area (Å²) in [7, 11) is 0. The van der Waals surface area contributed by atoms with Crippen LogP contribution in [0.5, 0.6) is 0 Å². The van der Waals surface area contributed by atoms with Crippen molar-refractivity contribution in [2.45, 2.75) is 91.5 Å². The molecule has 4 nitrogen and oxygen atoms in total.